The number of aryl methyl sites for hydroxylation is 1. The monoisotopic (exact) mass is 344 g/mol. The SMILES string of the molecule is Cc1ccccc1CNC(=O)C1(C(=O)Nc2ccc(F)cc2F)CC1. The van der Waals surface area contributed by atoms with Crippen LogP contribution in [0.1, 0.15) is 24.0 Å². The molecular weight excluding hydrogens is 326 g/mol. The van der Waals surface area contributed by atoms with E-state index < -0.39 is 23.0 Å². The summed E-state index contributed by atoms with van der Waals surface area (Å²) in [5.41, 5.74) is 0.704. The second-order valence-electron chi connectivity index (χ2n) is 6.27. The van der Waals surface area contributed by atoms with Gasteiger partial charge in [0.05, 0.1) is 5.69 Å². The molecule has 1 aliphatic carbocycles. The predicted molar refractivity (Wildman–Crippen MR) is 89.7 cm³/mol. The number of rotatable bonds is 5. The minimum atomic E-state index is -1.18. The average molecular weight is 344 g/mol. The van der Waals surface area contributed by atoms with Gasteiger partial charge in [0.1, 0.15) is 17.0 Å². The first-order valence-electron chi connectivity index (χ1n) is 8.02. The lowest BCUT2D eigenvalue weighted by atomic mass is 10.0. The molecule has 2 aromatic carbocycles. The molecule has 1 fully saturated rings. The molecule has 1 saturated carbocycles. The van der Waals surface area contributed by atoms with Gasteiger partial charge < -0.3 is 10.6 Å². The summed E-state index contributed by atoms with van der Waals surface area (Å²) in [7, 11) is 0. The van der Waals surface area contributed by atoms with Crippen LogP contribution in [0.2, 0.25) is 0 Å². The molecule has 0 aromatic heterocycles. The molecule has 0 radical (unpaired) electrons. The maximum absolute atomic E-state index is 13.7. The predicted octanol–water partition coefficient (Wildman–Crippen LogP) is 3.31. The summed E-state index contributed by atoms with van der Waals surface area (Å²) < 4.78 is 26.6. The Kier molecular flexibility index (Phi) is 4.53. The number of hydrogen-bond acceptors (Lipinski definition) is 2. The Bertz CT molecular complexity index is 832. The first kappa shape index (κ1) is 17.1. The van der Waals surface area contributed by atoms with Crippen LogP contribution in [0.5, 0.6) is 0 Å². The third-order valence-electron chi connectivity index (χ3n) is 4.50. The van der Waals surface area contributed by atoms with Gasteiger partial charge in [-0.15, -0.1) is 0 Å². The van der Waals surface area contributed by atoms with Crippen molar-refractivity contribution >= 4 is 17.5 Å². The summed E-state index contributed by atoms with van der Waals surface area (Å²) in [6.07, 6.45) is 0.808. The van der Waals surface area contributed by atoms with Crippen molar-refractivity contribution in [2.75, 3.05) is 5.32 Å². The zero-order valence-corrected chi connectivity index (χ0v) is 13.7. The maximum atomic E-state index is 13.7. The number of amides is 2. The van der Waals surface area contributed by atoms with Crippen molar-refractivity contribution in [2.24, 2.45) is 5.41 Å². The second-order valence-corrected chi connectivity index (χ2v) is 6.27. The molecule has 0 heterocycles. The maximum Gasteiger partial charge on any atom is 0.240 e. The summed E-state index contributed by atoms with van der Waals surface area (Å²) in [6, 6.07) is 10.5. The van der Waals surface area contributed by atoms with E-state index >= 15 is 0 Å². The van der Waals surface area contributed by atoms with E-state index in [9.17, 15) is 18.4 Å². The van der Waals surface area contributed by atoms with Gasteiger partial charge in [-0.3, -0.25) is 9.59 Å². The van der Waals surface area contributed by atoms with Crippen LogP contribution in [0.25, 0.3) is 0 Å². The zero-order valence-electron chi connectivity index (χ0n) is 13.7. The third-order valence-corrected chi connectivity index (χ3v) is 4.50. The lowest BCUT2D eigenvalue weighted by Gasteiger charge is -2.16. The van der Waals surface area contributed by atoms with Crippen molar-refractivity contribution in [3.63, 3.8) is 0 Å². The average Bonchev–Trinajstić information content (AvgIpc) is 3.38. The Morgan fingerprint density at radius 1 is 1.08 bits per heavy atom. The molecule has 6 heteroatoms. The molecule has 0 saturated heterocycles. The molecule has 1 aliphatic rings. The van der Waals surface area contributed by atoms with Gasteiger partial charge in [0, 0.05) is 12.6 Å². The van der Waals surface area contributed by atoms with Crippen LogP contribution < -0.4 is 10.6 Å². The van der Waals surface area contributed by atoms with Crippen molar-refractivity contribution in [2.45, 2.75) is 26.3 Å². The number of benzene rings is 2. The van der Waals surface area contributed by atoms with Crippen molar-refractivity contribution in [1.29, 1.82) is 0 Å². The van der Waals surface area contributed by atoms with Gasteiger partial charge in [0.25, 0.3) is 0 Å². The molecule has 0 atom stereocenters. The van der Waals surface area contributed by atoms with Gasteiger partial charge in [-0.25, -0.2) is 8.78 Å². The van der Waals surface area contributed by atoms with Gasteiger partial charge in [-0.05, 0) is 43.0 Å². The normalized spacial score (nSPS) is 14.7. The number of carbonyl (C=O) groups is 2. The third kappa shape index (κ3) is 3.52. The lowest BCUT2D eigenvalue weighted by Crippen LogP contribution is -2.39. The molecule has 0 spiro atoms. The van der Waals surface area contributed by atoms with Crippen molar-refractivity contribution in [3.05, 3.63) is 65.2 Å². The lowest BCUT2D eigenvalue weighted by molar-refractivity contribution is -0.134. The van der Waals surface area contributed by atoms with E-state index in [1.807, 2.05) is 31.2 Å². The molecule has 2 N–H and O–H groups in total. The molecule has 2 aromatic rings. The van der Waals surface area contributed by atoms with Crippen LogP contribution in [-0.2, 0) is 16.1 Å². The topological polar surface area (TPSA) is 58.2 Å². The van der Waals surface area contributed by atoms with Crippen LogP contribution in [0, 0.1) is 24.0 Å². The smallest absolute Gasteiger partial charge is 0.240 e. The molecule has 2 amide bonds. The standard InChI is InChI=1S/C19H18F2N2O2/c1-12-4-2-3-5-13(12)11-22-17(24)19(8-9-19)18(25)23-16-7-6-14(20)10-15(16)21/h2-7,10H,8-9,11H2,1H3,(H,22,24)(H,23,25). The van der Waals surface area contributed by atoms with E-state index in [2.05, 4.69) is 10.6 Å². The molecule has 0 aliphatic heterocycles. The Morgan fingerprint density at radius 3 is 2.44 bits per heavy atom. The van der Waals surface area contributed by atoms with Crippen molar-refractivity contribution < 1.29 is 18.4 Å². The van der Waals surface area contributed by atoms with Crippen LogP contribution in [0.15, 0.2) is 42.5 Å². The molecule has 130 valence electrons. The molecular formula is C19H18F2N2O2. The number of hydrogen-bond donors (Lipinski definition) is 2. The number of anilines is 1. The highest BCUT2D eigenvalue weighted by molar-refractivity contribution is 6.13. The van der Waals surface area contributed by atoms with Crippen molar-refractivity contribution in [3.8, 4) is 0 Å². The summed E-state index contributed by atoms with van der Waals surface area (Å²) >= 11 is 0. The van der Waals surface area contributed by atoms with Gasteiger partial charge in [0.2, 0.25) is 11.8 Å². The van der Waals surface area contributed by atoms with E-state index in [0.29, 0.717) is 25.5 Å². The minimum absolute atomic E-state index is 0.135. The van der Waals surface area contributed by atoms with E-state index in [1.165, 1.54) is 0 Å². The van der Waals surface area contributed by atoms with Crippen LogP contribution in [0.4, 0.5) is 14.5 Å². The first-order chi connectivity index (χ1) is 11.9. The summed E-state index contributed by atoms with van der Waals surface area (Å²) in [4.78, 5) is 24.9. The van der Waals surface area contributed by atoms with Gasteiger partial charge in [0.15, 0.2) is 0 Å². The number of nitrogens with one attached hydrogen (secondary N) is 2. The van der Waals surface area contributed by atoms with Crippen LogP contribution in [0.3, 0.4) is 0 Å². The van der Waals surface area contributed by atoms with E-state index in [-0.39, 0.29) is 11.6 Å². The van der Waals surface area contributed by atoms with Crippen LogP contribution >= 0.6 is 0 Å². The van der Waals surface area contributed by atoms with Crippen molar-refractivity contribution in [1.82, 2.24) is 5.32 Å². The Hall–Kier alpha value is -2.76. The number of carbonyl (C=O) groups excluding carboxylic acids is 2. The quantitative estimate of drug-likeness (QED) is 0.818. The summed E-state index contributed by atoms with van der Waals surface area (Å²) in [6.45, 7) is 2.27. The highest BCUT2D eigenvalue weighted by Gasteiger charge is 2.56. The van der Waals surface area contributed by atoms with Gasteiger partial charge in [-0.1, -0.05) is 24.3 Å². The Labute approximate surface area is 144 Å². The highest BCUT2D eigenvalue weighted by Crippen LogP contribution is 2.47. The van der Waals surface area contributed by atoms with E-state index in [1.54, 1.807) is 0 Å². The fraction of sp³-hybridized carbons (Fsp3) is 0.263. The highest BCUT2D eigenvalue weighted by atomic mass is 19.1. The van der Waals surface area contributed by atoms with Gasteiger partial charge in [-0.2, -0.15) is 0 Å². The summed E-state index contributed by atoms with van der Waals surface area (Å²) in [5.74, 6) is -2.55. The van der Waals surface area contributed by atoms with Gasteiger partial charge >= 0.3 is 0 Å². The van der Waals surface area contributed by atoms with E-state index in [4.69, 9.17) is 0 Å². The summed E-state index contributed by atoms with van der Waals surface area (Å²) in [5, 5.41) is 5.17. The number of halogens is 2. The fourth-order valence-corrected chi connectivity index (χ4v) is 2.67. The Balaban J connectivity index is 1.65. The zero-order chi connectivity index (χ0) is 18.0. The fourth-order valence-electron chi connectivity index (χ4n) is 2.67. The first-order valence-corrected chi connectivity index (χ1v) is 8.02. The second kappa shape index (κ2) is 6.63. The molecule has 3 rings (SSSR count). The van der Waals surface area contributed by atoms with Crippen LogP contribution in [-0.4, -0.2) is 11.8 Å². The molecule has 0 unspecified atom stereocenters. The minimum Gasteiger partial charge on any atom is -0.351 e. The molecule has 0 bridgehead atoms. The molecule has 25 heavy (non-hydrogen) atoms. The molecule has 4 nitrogen and oxygen atoms in total. The van der Waals surface area contributed by atoms with E-state index in [0.717, 1.165) is 23.3 Å². The Morgan fingerprint density at radius 2 is 1.80 bits per heavy atom. The largest absolute Gasteiger partial charge is 0.351 e.